The van der Waals surface area contributed by atoms with Crippen LogP contribution >= 0.6 is 11.3 Å². The second-order valence-corrected chi connectivity index (χ2v) is 16.3. The minimum atomic E-state index is 0.664. The zero-order chi connectivity index (χ0) is 39.0. The normalized spacial score (nSPS) is 11.7. The molecule has 3 aromatic heterocycles. The van der Waals surface area contributed by atoms with Gasteiger partial charge in [0.15, 0.2) is 17.5 Å². The van der Waals surface area contributed by atoms with Crippen LogP contribution in [0.3, 0.4) is 0 Å². The van der Waals surface area contributed by atoms with Crippen molar-refractivity contribution in [2.45, 2.75) is 52.4 Å². The van der Waals surface area contributed by atoms with Crippen molar-refractivity contribution in [3.05, 3.63) is 169 Å². The number of aryl methyl sites for hydroxylation is 2. The fourth-order valence-corrected chi connectivity index (χ4v) is 9.64. The Labute approximate surface area is 343 Å². The maximum Gasteiger partial charge on any atom is 0.164 e. The Hall–Kier alpha value is -6.43. The number of fused-ring (bicyclic) bond motifs is 6. The lowest BCUT2D eigenvalue weighted by atomic mass is 9.98. The van der Waals surface area contributed by atoms with E-state index in [1.165, 1.54) is 89.9 Å². The minimum absolute atomic E-state index is 0.664. The van der Waals surface area contributed by atoms with Gasteiger partial charge in [-0.3, -0.25) is 0 Å². The molecule has 10 rings (SSSR count). The first-order valence-electron chi connectivity index (χ1n) is 20.6. The van der Waals surface area contributed by atoms with Crippen molar-refractivity contribution in [3.8, 4) is 51.0 Å². The van der Waals surface area contributed by atoms with Crippen molar-refractivity contribution in [3.63, 3.8) is 0 Å². The summed E-state index contributed by atoms with van der Waals surface area (Å²) in [5.74, 6) is 2.03. The molecule has 0 saturated carbocycles. The van der Waals surface area contributed by atoms with Crippen molar-refractivity contribution in [2.75, 3.05) is 0 Å². The summed E-state index contributed by atoms with van der Waals surface area (Å²) in [7, 11) is 0. The predicted molar refractivity (Wildman–Crippen MR) is 246 cm³/mol. The second-order valence-electron chi connectivity index (χ2n) is 15.3. The van der Waals surface area contributed by atoms with Crippen LogP contribution in [0.1, 0.15) is 50.7 Å². The molecular weight excluding hydrogens is 725 g/mol. The number of hydrogen-bond acceptors (Lipinski definition) is 4. The van der Waals surface area contributed by atoms with E-state index in [1.54, 1.807) is 0 Å². The van der Waals surface area contributed by atoms with Gasteiger partial charge in [0.2, 0.25) is 0 Å². The summed E-state index contributed by atoms with van der Waals surface area (Å²) >= 11 is 1.88. The summed E-state index contributed by atoms with van der Waals surface area (Å²) in [6.45, 7) is 4.47. The molecule has 0 radical (unpaired) electrons. The second kappa shape index (κ2) is 15.5. The van der Waals surface area contributed by atoms with Gasteiger partial charge in [-0.05, 0) is 84.8 Å². The number of nitrogens with zero attached hydrogens (tertiary/aromatic N) is 4. The fourth-order valence-electron chi connectivity index (χ4n) is 8.41. The first kappa shape index (κ1) is 35.9. The Kier molecular flexibility index (Phi) is 9.60. The highest BCUT2D eigenvalue weighted by Crippen LogP contribution is 2.44. The summed E-state index contributed by atoms with van der Waals surface area (Å²) in [6, 6.07) is 57.2. The first-order chi connectivity index (χ1) is 28.7. The monoisotopic (exact) mass is 768 g/mol. The zero-order valence-electron chi connectivity index (χ0n) is 33.0. The van der Waals surface area contributed by atoms with E-state index >= 15 is 0 Å². The number of para-hydroxylation sites is 1. The molecular formula is C53H44N4S. The van der Waals surface area contributed by atoms with Crippen LogP contribution in [0.15, 0.2) is 158 Å². The van der Waals surface area contributed by atoms with Crippen molar-refractivity contribution in [1.82, 2.24) is 19.5 Å². The van der Waals surface area contributed by atoms with Crippen LogP contribution in [0.5, 0.6) is 0 Å². The van der Waals surface area contributed by atoms with Gasteiger partial charge in [0.05, 0.1) is 11.0 Å². The van der Waals surface area contributed by atoms with Crippen LogP contribution < -0.4 is 0 Å². The molecule has 0 aliphatic heterocycles. The fraction of sp³-hybridized carbons (Fsp3) is 0.151. The number of unbranched alkanes of at least 4 members (excludes halogenated alkanes) is 2. The van der Waals surface area contributed by atoms with E-state index < -0.39 is 0 Å². The maximum absolute atomic E-state index is 5.10. The summed E-state index contributed by atoms with van der Waals surface area (Å²) in [5, 5.41) is 5.13. The van der Waals surface area contributed by atoms with Gasteiger partial charge >= 0.3 is 0 Å². The van der Waals surface area contributed by atoms with E-state index in [0.717, 1.165) is 35.2 Å². The molecule has 3 heterocycles. The van der Waals surface area contributed by atoms with Crippen LogP contribution in [-0.4, -0.2) is 19.5 Å². The van der Waals surface area contributed by atoms with Crippen molar-refractivity contribution < 1.29 is 0 Å². The van der Waals surface area contributed by atoms with Gasteiger partial charge in [0.1, 0.15) is 0 Å². The van der Waals surface area contributed by atoms with Gasteiger partial charge in [-0.25, -0.2) is 15.0 Å². The molecule has 0 unspecified atom stereocenters. The number of rotatable bonds is 11. The van der Waals surface area contributed by atoms with E-state index in [4.69, 9.17) is 15.0 Å². The summed E-state index contributed by atoms with van der Waals surface area (Å²) < 4.78 is 5.04. The molecule has 0 spiro atoms. The maximum atomic E-state index is 5.10. The molecule has 0 aliphatic carbocycles. The molecule has 0 bridgehead atoms. The topological polar surface area (TPSA) is 43.6 Å². The van der Waals surface area contributed by atoms with Crippen molar-refractivity contribution >= 4 is 53.3 Å². The van der Waals surface area contributed by atoms with Crippen LogP contribution in [0.25, 0.3) is 93.0 Å². The van der Waals surface area contributed by atoms with Crippen LogP contribution in [0.4, 0.5) is 0 Å². The van der Waals surface area contributed by atoms with E-state index in [-0.39, 0.29) is 0 Å². The highest BCUT2D eigenvalue weighted by atomic mass is 32.1. The van der Waals surface area contributed by atoms with Gasteiger partial charge in [-0.1, -0.05) is 142 Å². The van der Waals surface area contributed by atoms with Gasteiger partial charge in [0, 0.05) is 58.9 Å². The molecule has 0 N–H and O–H groups in total. The Bertz CT molecular complexity index is 2990. The summed E-state index contributed by atoms with van der Waals surface area (Å²) in [6.07, 6.45) is 6.89. The van der Waals surface area contributed by atoms with Crippen molar-refractivity contribution in [2.24, 2.45) is 0 Å². The van der Waals surface area contributed by atoms with Gasteiger partial charge in [-0.2, -0.15) is 0 Å². The van der Waals surface area contributed by atoms with Crippen LogP contribution in [0, 0.1) is 0 Å². The Morgan fingerprint density at radius 2 is 0.948 bits per heavy atom. The van der Waals surface area contributed by atoms with E-state index in [0.29, 0.717) is 17.5 Å². The number of hydrogen-bond donors (Lipinski definition) is 0. The molecule has 7 aromatic carbocycles. The Balaban J connectivity index is 1.07. The van der Waals surface area contributed by atoms with E-state index in [1.807, 2.05) is 11.3 Å². The lowest BCUT2D eigenvalue weighted by molar-refractivity contribution is 0.795. The summed E-state index contributed by atoms with van der Waals surface area (Å²) in [5.41, 5.74) is 11.6. The lowest BCUT2D eigenvalue weighted by Gasteiger charge is -2.12. The molecule has 10 aromatic rings. The minimum Gasteiger partial charge on any atom is -0.309 e. The summed E-state index contributed by atoms with van der Waals surface area (Å²) in [4.78, 5) is 15.2. The SMILES string of the molecule is CCCCc1ccc(-c2nc(-c3ccc(CCCC)cc3)nc(-c3ccc(-n4c5ccccc5c5c(-c6cccc7c6sc6ccccc67)cccc54)cc3)n2)cc1. The smallest absolute Gasteiger partial charge is 0.164 e. The molecule has 5 heteroatoms. The average molecular weight is 769 g/mol. The number of thiophene rings is 1. The highest BCUT2D eigenvalue weighted by Gasteiger charge is 2.19. The largest absolute Gasteiger partial charge is 0.309 e. The molecule has 58 heavy (non-hydrogen) atoms. The molecule has 0 aliphatic rings. The van der Waals surface area contributed by atoms with Gasteiger partial charge in [-0.15, -0.1) is 11.3 Å². The van der Waals surface area contributed by atoms with Crippen LogP contribution in [0.2, 0.25) is 0 Å². The van der Waals surface area contributed by atoms with Gasteiger partial charge < -0.3 is 4.57 Å². The molecule has 0 fully saturated rings. The lowest BCUT2D eigenvalue weighted by Crippen LogP contribution is -2.01. The molecule has 4 nitrogen and oxygen atoms in total. The van der Waals surface area contributed by atoms with E-state index in [9.17, 15) is 0 Å². The van der Waals surface area contributed by atoms with Crippen LogP contribution in [-0.2, 0) is 12.8 Å². The first-order valence-corrected chi connectivity index (χ1v) is 21.5. The quantitative estimate of drug-likeness (QED) is 0.132. The number of benzene rings is 7. The molecule has 0 amide bonds. The molecule has 282 valence electrons. The van der Waals surface area contributed by atoms with E-state index in [2.05, 4.69) is 176 Å². The van der Waals surface area contributed by atoms with Gasteiger partial charge in [0.25, 0.3) is 0 Å². The third-order valence-electron chi connectivity index (χ3n) is 11.5. The standard InChI is InChI=1S/C53H44N4S/c1-3-5-13-35-23-27-37(28-24-35)51-54-52(38-29-25-36(26-30-38)14-6-4-2)56-53(55-51)39-31-33-40(34-32-39)57-46-20-9-7-16-45(46)49-42(17-12-21-47(49)57)44-19-11-18-43-41-15-8-10-22-48(41)58-50(43)44/h7-12,15-34H,3-6,13-14H2,1-2H3. The highest BCUT2D eigenvalue weighted by molar-refractivity contribution is 7.26. The van der Waals surface area contributed by atoms with Crippen molar-refractivity contribution in [1.29, 1.82) is 0 Å². The zero-order valence-corrected chi connectivity index (χ0v) is 33.8. The third-order valence-corrected chi connectivity index (χ3v) is 12.7. The average Bonchev–Trinajstić information content (AvgIpc) is 3.84. The number of aromatic nitrogens is 4. The molecule has 0 saturated heterocycles. The molecule has 0 atom stereocenters. The third kappa shape index (κ3) is 6.55. The Morgan fingerprint density at radius 3 is 1.57 bits per heavy atom. The Morgan fingerprint density at radius 1 is 0.448 bits per heavy atom. The predicted octanol–water partition coefficient (Wildman–Crippen LogP) is 14.7.